The second-order valence-corrected chi connectivity index (χ2v) is 3.64. The maximum absolute atomic E-state index is 12.7. The minimum absolute atomic E-state index is 0.207. The summed E-state index contributed by atoms with van der Waals surface area (Å²) in [5, 5.41) is 3.26. The smallest absolute Gasteiger partial charge is 0.123 e. The molecule has 0 unspecified atom stereocenters. The summed E-state index contributed by atoms with van der Waals surface area (Å²) >= 11 is 0. The number of para-hydroxylation sites is 1. The average molecular weight is 214 g/mol. The highest BCUT2D eigenvalue weighted by atomic mass is 19.1. The standard InChI is InChI=1S/C14H13FN/c1-11-4-2-3-5-14(11)16-10-12-6-8-13(15)9-7-12/h2-9,16H,1,10H2. The van der Waals surface area contributed by atoms with Crippen molar-refractivity contribution in [3.8, 4) is 0 Å². The van der Waals surface area contributed by atoms with Crippen molar-refractivity contribution in [2.24, 2.45) is 0 Å². The summed E-state index contributed by atoms with van der Waals surface area (Å²) < 4.78 is 12.7. The van der Waals surface area contributed by atoms with Gasteiger partial charge in [-0.25, -0.2) is 4.39 Å². The first-order valence-electron chi connectivity index (χ1n) is 5.15. The van der Waals surface area contributed by atoms with Crippen molar-refractivity contribution in [3.05, 3.63) is 72.4 Å². The molecule has 0 fully saturated rings. The highest BCUT2D eigenvalue weighted by Crippen LogP contribution is 2.14. The number of hydrogen-bond acceptors (Lipinski definition) is 1. The molecule has 1 nitrogen and oxygen atoms in total. The Morgan fingerprint density at radius 2 is 1.69 bits per heavy atom. The van der Waals surface area contributed by atoms with Crippen LogP contribution in [0.3, 0.4) is 0 Å². The molecule has 0 saturated carbocycles. The van der Waals surface area contributed by atoms with Gasteiger partial charge in [0.1, 0.15) is 5.82 Å². The van der Waals surface area contributed by atoms with E-state index in [0.717, 1.165) is 16.8 Å². The third-order valence-electron chi connectivity index (χ3n) is 2.41. The van der Waals surface area contributed by atoms with Gasteiger partial charge in [0.15, 0.2) is 0 Å². The topological polar surface area (TPSA) is 12.0 Å². The first kappa shape index (κ1) is 10.7. The van der Waals surface area contributed by atoms with E-state index in [0.29, 0.717) is 6.54 Å². The van der Waals surface area contributed by atoms with Gasteiger partial charge in [0.25, 0.3) is 0 Å². The molecule has 0 saturated heterocycles. The van der Waals surface area contributed by atoms with Crippen LogP contribution in [0.15, 0.2) is 48.5 Å². The predicted molar refractivity (Wildman–Crippen MR) is 64.6 cm³/mol. The highest BCUT2D eigenvalue weighted by Gasteiger charge is 1.97. The van der Waals surface area contributed by atoms with Crippen LogP contribution >= 0.6 is 0 Å². The lowest BCUT2D eigenvalue weighted by molar-refractivity contribution is 0.627. The second kappa shape index (κ2) is 4.79. The maximum atomic E-state index is 12.7. The number of benzene rings is 2. The van der Waals surface area contributed by atoms with E-state index in [1.54, 1.807) is 12.1 Å². The molecule has 2 heteroatoms. The van der Waals surface area contributed by atoms with Crippen LogP contribution in [0, 0.1) is 12.7 Å². The highest BCUT2D eigenvalue weighted by molar-refractivity contribution is 5.52. The molecular weight excluding hydrogens is 201 g/mol. The van der Waals surface area contributed by atoms with Crippen molar-refractivity contribution < 1.29 is 4.39 Å². The minimum Gasteiger partial charge on any atom is -0.381 e. The Bertz CT molecular complexity index is 462. The van der Waals surface area contributed by atoms with Crippen LogP contribution in [0.25, 0.3) is 0 Å². The third-order valence-corrected chi connectivity index (χ3v) is 2.41. The molecule has 0 spiro atoms. The van der Waals surface area contributed by atoms with Crippen LogP contribution in [-0.4, -0.2) is 0 Å². The van der Waals surface area contributed by atoms with Crippen LogP contribution in [0.2, 0.25) is 0 Å². The number of rotatable bonds is 3. The predicted octanol–water partition coefficient (Wildman–Crippen LogP) is 3.62. The maximum Gasteiger partial charge on any atom is 0.123 e. The van der Waals surface area contributed by atoms with E-state index >= 15 is 0 Å². The number of anilines is 1. The molecule has 2 aromatic carbocycles. The van der Waals surface area contributed by atoms with Crippen LogP contribution in [0.1, 0.15) is 11.1 Å². The third kappa shape index (κ3) is 2.60. The second-order valence-electron chi connectivity index (χ2n) is 3.64. The summed E-state index contributed by atoms with van der Waals surface area (Å²) in [6, 6.07) is 14.3. The average Bonchev–Trinajstić information content (AvgIpc) is 2.30. The summed E-state index contributed by atoms with van der Waals surface area (Å²) in [4.78, 5) is 0. The lowest BCUT2D eigenvalue weighted by atomic mass is 10.2. The van der Waals surface area contributed by atoms with E-state index in [-0.39, 0.29) is 5.82 Å². The zero-order valence-corrected chi connectivity index (χ0v) is 8.91. The molecule has 0 aromatic heterocycles. The molecule has 2 rings (SSSR count). The Labute approximate surface area is 94.9 Å². The van der Waals surface area contributed by atoms with Gasteiger partial charge in [-0.2, -0.15) is 0 Å². The Morgan fingerprint density at radius 3 is 2.38 bits per heavy atom. The fraction of sp³-hybridized carbons (Fsp3) is 0.0714. The molecule has 0 atom stereocenters. The minimum atomic E-state index is -0.207. The van der Waals surface area contributed by atoms with Crippen LogP contribution in [-0.2, 0) is 6.54 Å². The molecule has 0 aliphatic rings. The largest absolute Gasteiger partial charge is 0.381 e. The molecule has 0 aliphatic carbocycles. The first-order valence-corrected chi connectivity index (χ1v) is 5.15. The van der Waals surface area contributed by atoms with Gasteiger partial charge < -0.3 is 5.32 Å². The Balaban J connectivity index is 2.02. The Hall–Kier alpha value is -1.83. The van der Waals surface area contributed by atoms with Gasteiger partial charge in [0.2, 0.25) is 0 Å². The van der Waals surface area contributed by atoms with Crippen molar-refractivity contribution in [2.45, 2.75) is 6.54 Å². The molecular formula is C14H13FN. The normalized spacial score (nSPS) is 10.1. The molecule has 1 N–H and O–H groups in total. The molecule has 0 heterocycles. The summed E-state index contributed by atoms with van der Waals surface area (Å²) in [5.41, 5.74) is 3.01. The Kier molecular flexibility index (Phi) is 3.20. The summed E-state index contributed by atoms with van der Waals surface area (Å²) in [6.45, 7) is 4.60. The quantitative estimate of drug-likeness (QED) is 0.822. The zero-order valence-electron chi connectivity index (χ0n) is 8.91. The molecule has 16 heavy (non-hydrogen) atoms. The lowest BCUT2D eigenvalue weighted by Crippen LogP contribution is -2.00. The summed E-state index contributed by atoms with van der Waals surface area (Å²) in [7, 11) is 0. The van der Waals surface area contributed by atoms with Gasteiger partial charge >= 0.3 is 0 Å². The van der Waals surface area contributed by atoms with E-state index in [9.17, 15) is 4.39 Å². The van der Waals surface area contributed by atoms with Crippen molar-refractivity contribution >= 4 is 5.69 Å². The van der Waals surface area contributed by atoms with Crippen molar-refractivity contribution in [1.82, 2.24) is 0 Å². The van der Waals surface area contributed by atoms with E-state index in [2.05, 4.69) is 12.2 Å². The first-order chi connectivity index (χ1) is 7.75. The van der Waals surface area contributed by atoms with Crippen molar-refractivity contribution in [3.63, 3.8) is 0 Å². The van der Waals surface area contributed by atoms with Gasteiger partial charge in [0, 0.05) is 12.2 Å². The number of hydrogen-bond donors (Lipinski definition) is 1. The van der Waals surface area contributed by atoms with Crippen LogP contribution in [0.4, 0.5) is 10.1 Å². The monoisotopic (exact) mass is 214 g/mol. The summed E-state index contributed by atoms with van der Waals surface area (Å²) in [5.74, 6) is -0.207. The van der Waals surface area contributed by atoms with Crippen LogP contribution < -0.4 is 5.32 Å². The van der Waals surface area contributed by atoms with Gasteiger partial charge in [-0.3, -0.25) is 0 Å². The fourth-order valence-corrected chi connectivity index (χ4v) is 1.49. The molecule has 0 amide bonds. The zero-order chi connectivity index (χ0) is 11.4. The molecule has 0 bridgehead atoms. The SMILES string of the molecule is [CH2]c1ccccc1NCc1ccc(F)cc1. The van der Waals surface area contributed by atoms with E-state index in [1.807, 2.05) is 24.3 Å². The molecule has 0 aliphatic heterocycles. The van der Waals surface area contributed by atoms with E-state index < -0.39 is 0 Å². The van der Waals surface area contributed by atoms with E-state index in [1.165, 1.54) is 12.1 Å². The number of nitrogens with one attached hydrogen (secondary N) is 1. The van der Waals surface area contributed by atoms with Crippen molar-refractivity contribution in [2.75, 3.05) is 5.32 Å². The molecule has 81 valence electrons. The summed E-state index contributed by atoms with van der Waals surface area (Å²) in [6.07, 6.45) is 0. The lowest BCUT2D eigenvalue weighted by Gasteiger charge is -2.08. The van der Waals surface area contributed by atoms with E-state index in [4.69, 9.17) is 0 Å². The molecule has 2 aromatic rings. The van der Waals surface area contributed by atoms with Gasteiger partial charge in [0.05, 0.1) is 0 Å². The Morgan fingerprint density at radius 1 is 1.00 bits per heavy atom. The fourth-order valence-electron chi connectivity index (χ4n) is 1.49. The van der Waals surface area contributed by atoms with Gasteiger partial charge in [-0.05, 0) is 36.2 Å². The number of halogens is 1. The van der Waals surface area contributed by atoms with Gasteiger partial charge in [-0.15, -0.1) is 0 Å². The van der Waals surface area contributed by atoms with Gasteiger partial charge in [-0.1, -0.05) is 30.3 Å². The van der Waals surface area contributed by atoms with Crippen LogP contribution in [0.5, 0.6) is 0 Å². The van der Waals surface area contributed by atoms with Crippen molar-refractivity contribution in [1.29, 1.82) is 0 Å². The molecule has 1 radical (unpaired) electrons.